The lowest BCUT2D eigenvalue weighted by Crippen LogP contribution is -2.30. The molecule has 0 aliphatic rings. The van der Waals surface area contributed by atoms with Crippen molar-refractivity contribution >= 4 is 17.9 Å². The number of carbonyl (C=O) groups is 3. The van der Waals surface area contributed by atoms with Gasteiger partial charge in [-0.15, -0.1) is 0 Å². The van der Waals surface area contributed by atoms with Gasteiger partial charge in [0.05, 0.1) is 0 Å². The molecule has 0 rings (SSSR count). The van der Waals surface area contributed by atoms with Crippen LogP contribution in [0.15, 0.2) is 97.2 Å². The third kappa shape index (κ3) is 65.1. The van der Waals surface area contributed by atoms with E-state index in [-0.39, 0.29) is 31.1 Å². The Kier molecular flexibility index (Phi) is 64.7. The van der Waals surface area contributed by atoms with Crippen LogP contribution in [0.5, 0.6) is 0 Å². The fourth-order valence-corrected chi connectivity index (χ4v) is 9.71. The second kappa shape index (κ2) is 67.8. The number of ether oxygens (including phenoxy) is 3. The summed E-state index contributed by atoms with van der Waals surface area (Å²) in [4.78, 5) is 38.3. The summed E-state index contributed by atoms with van der Waals surface area (Å²) in [6, 6.07) is 0. The van der Waals surface area contributed by atoms with Crippen LogP contribution in [-0.2, 0) is 28.6 Å². The van der Waals surface area contributed by atoms with Crippen LogP contribution in [0.3, 0.4) is 0 Å². The maximum Gasteiger partial charge on any atom is 0.306 e. The van der Waals surface area contributed by atoms with Crippen LogP contribution in [0.1, 0.15) is 335 Å². The van der Waals surface area contributed by atoms with Crippen molar-refractivity contribution in [3.05, 3.63) is 97.2 Å². The van der Waals surface area contributed by atoms with Crippen molar-refractivity contribution in [2.45, 2.75) is 341 Å². The van der Waals surface area contributed by atoms with Crippen LogP contribution in [0, 0.1) is 0 Å². The minimum atomic E-state index is -0.782. The summed E-state index contributed by atoms with van der Waals surface area (Å²) >= 11 is 0. The first-order valence-corrected chi connectivity index (χ1v) is 34.2. The van der Waals surface area contributed by atoms with E-state index in [9.17, 15) is 14.4 Å². The van der Waals surface area contributed by atoms with Gasteiger partial charge in [0.15, 0.2) is 6.10 Å². The van der Waals surface area contributed by atoms with Crippen molar-refractivity contribution in [3.63, 3.8) is 0 Å². The smallest absolute Gasteiger partial charge is 0.306 e. The molecule has 0 radical (unpaired) electrons. The zero-order chi connectivity index (χ0) is 57.8. The first kappa shape index (κ1) is 76.3. The lowest BCUT2D eigenvalue weighted by molar-refractivity contribution is -0.167. The molecule has 80 heavy (non-hydrogen) atoms. The van der Waals surface area contributed by atoms with Gasteiger partial charge in [-0.05, 0) is 103 Å². The molecular formula is C74H128O6. The summed E-state index contributed by atoms with van der Waals surface area (Å²) in [6.07, 6.45) is 91.4. The number of hydrogen-bond acceptors (Lipinski definition) is 6. The summed E-state index contributed by atoms with van der Waals surface area (Å²) in [5, 5.41) is 0. The number of allylic oxidation sites excluding steroid dienone is 16. The standard InChI is InChI=1S/C74H128O6/c1-4-7-10-13-16-19-22-25-27-29-31-32-33-34-35-36-37-38-39-40-41-42-44-45-47-49-52-55-58-61-64-67-73(76)79-70-71(69-78-72(75)66-63-60-57-54-51-24-21-18-15-12-9-6-3)80-74(77)68-65-62-59-56-53-50-48-46-43-30-28-26-23-20-17-14-11-8-5-2/h7,10,16,18-19,21,25,27,31-32,34-35,37-38,40-41,71H,4-6,8-9,11-15,17,20,22-24,26,28-30,33,36,39,42-70H2,1-3H3/b10-7-,19-16-,21-18-,27-25-,32-31-,35-34-,38-37-,41-40-. The van der Waals surface area contributed by atoms with Crippen LogP contribution in [-0.4, -0.2) is 37.2 Å². The lowest BCUT2D eigenvalue weighted by Gasteiger charge is -2.18. The molecule has 1 atom stereocenters. The summed E-state index contributed by atoms with van der Waals surface area (Å²) in [5.74, 6) is -0.879. The molecule has 0 saturated carbocycles. The minimum absolute atomic E-state index is 0.0800. The average molecular weight is 1110 g/mol. The first-order valence-electron chi connectivity index (χ1n) is 34.2. The Morgan fingerprint density at radius 3 is 0.800 bits per heavy atom. The summed E-state index contributed by atoms with van der Waals surface area (Å²) in [5.41, 5.74) is 0. The lowest BCUT2D eigenvalue weighted by atomic mass is 10.0. The maximum absolute atomic E-state index is 12.9. The van der Waals surface area contributed by atoms with Gasteiger partial charge in [-0.2, -0.15) is 0 Å². The molecule has 0 amide bonds. The molecular weight excluding hydrogens is 985 g/mol. The monoisotopic (exact) mass is 1110 g/mol. The fourth-order valence-electron chi connectivity index (χ4n) is 9.71. The van der Waals surface area contributed by atoms with E-state index < -0.39 is 6.10 Å². The number of hydrogen-bond donors (Lipinski definition) is 0. The number of esters is 3. The molecule has 0 heterocycles. The van der Waals surface area contributed by atoms with Crippen LogP contribution in [0.2, 0.25) is 0 Å². The molecule has 0 saturated heterocycles. The summed E-state index contributed by atoms with van der Waals surface area (Å²) in [7, 11) is 0. The highest BCUT2D eigenvalue weighted by molar-refractivity contribution is 5.71. The summed E-state index contributed by atoms with van der Waals surface area (Å²) in [6.45, 7) is 6.53. The van der Waals surface area contributed by atoms with Crippen molar-refractivity contribution in [2.24, 2.45) is 0 Å². The first-order chi connectivity index (χ1) is 39.5. The highest BCUT2D eigenvalue weighted by Crippen LogP contribution is 2.17. The van der Waals surface area contributed by atoms with E-state index >= 15 is 0 Å². The third-order valence-corrected chi connectivity index (χ3v) is 14.8. The quantitative estimate of drug-likeness (QED) is 0.0261. The van der Waals surface area contributed by atoms with Crippen molar-refractivity contribution in [1.82, 2.24) is 0 Å². The van der Waals surface area contributed by atoms with E-state index in [0.29, 0.717) is 19.3 Å². The Morgan fingerprint density at radius 2 is 0.487 bits per heavy atom. The second-order valence-corrected chi connectivity index (χ2v) is 22.7. The van der Waals surface area contributed by atoms with Gasteiger partial charge in [-0.25, -0.2) is 0 Å². The largest absolute Gasteiger partial charge is 0.462 e. The van der Waals surface area contributed by atoms with E-state index in [1.165, 1.54) is 180 Å². The Morgan fingerprint density at radius 1 is 0.263 bits per heavy atom. The normalized spacial score (nSPS) is 12.7. The average Bonchev–Trinajstić information content (AvgIpc) is 3.46. The molecule has 0 aliphatic carbocycles. The zero-order valence-corrected chi connectivity index (χ0v) is 52.8. The maximum atomic E-state index is 12.9. The Hall–Kier alpha value is -3.67. The predicted octanol–water partition coefficient (Wildman–Crippen LogP) is 23.6. The molecule has 1 unspecified atom stereocenters. The molecule has 0 spiro atoms. The molecule has 6 nitrogen and oxygen atoms in total. The number of carbonyl (C=O) groups excluding carboxylic acids is 3. The van der Waals surface area contributed by atoms with E-state index in [0.717, 1.165) is 116 Å². The molecule has 0 fully saturated rings. The van der Waals surface area contributed by atoms with Gasteiger partial charge in [0.25, 0.3) is 0 Å². The van der Waals surface area contributed by atoms with Crippen LogP contribution in [0.25, 0.3) is 0 Å². The number of unbranched alkanes of at least 4 members (excludes halogenated alkanes) is 35. The topological polar surface area (TPSA) is 78.9 Å². The van der Waals surface area contributed by atoms with Gasteiger partial charge in [0.2, 0.25) is 0 Å². The van der Waals surface area contributed by atoms with Gasteiger partial charge in [-0.3, -0.25) is 14.4 Å². The van der Waals surface area contributed by atoms with Gasteiger partial charge in [0, 0.05) is 19.3 Å². The highest BCUT2D eigenvalue weighted by Gasteiger charge is 2.19. The van der Waals surface area contributed by atoms with E-state index in [1.807, 2.05) is 0 Å². The molecule has 460 valence electrons. The Bertz CT molecular complexity index is 1560. The molecule has 0 aromatic heterocycles. The van der Waals surface area contributed by atoms with E-state index in [4.69, 9.17) is 14.2 Å². The third-order valence-electron chi connectivity index (χ3n) is 14.8. The molecule has 0 aromatic rings. The molecule has 0 bridgehead atoms. The minimum Gasteiger partial charge on any atom is -0.462 e. The Balaban J connectivity index is 4.25. The van der Waals surface area contributed by atoms with E-state index in [1.54, 1.807) is 0 Å². The van der Waals surface area contributed by atoms with Crippen LogP contribution in [0.4, 0.5) is 0 Å². The van der Waals surface area contributed by atoms with Crippen molar-refractivity contribution in [2.75, 3.05) is 13.2 Å². The molecule has 6 heteroatoms. The van der Waals surface area contributed by atoms with Crippen molar-refractivity contribution in [3.8, 4) is 0 Å². The van der Waals surface area contributed by atoms with Crippen LogP contribution >= 0.6 is 0 Å². The van der Waals surface area contributed by atoms with Gasteiger partial charge in [-0.1, -0.05) is 311 Å². The van der Waals surface area contributed by atoms with Crippen molar-refractivity contribution in [1.29, 1.82) is 0 Å². The number of rotatable bonds is 62. The molecule has 0 aromatic carbocycles. The Labute approximate surface area is 496 Å². The highest BCUT2D eigenvalue weighted by atomic mass is 16.6. The molecule has 0 aliphatic heterocycles. The van der Waals surface area contributed by atoms with Gasteiger partial charge in [0.1, 0.15) is 13.2 Å². The zero-order valence-electron chi connectivity index (χ0n) is 52.8. The van der Waals surface area contributed by atoms with Gasteiger partial charge < -0.3 is 14.2 Å². The van der Waals surface area contributed by atoms with E-state index in [2.05, 4.69) is 118 Å². The summed E-state index contributed by atoms with van der Waals surface area (Å²) < 4.78 is 16.9. The van der Waals surface area contributed by atoms with Gasteiger partial charge >= 0.3 is 17.9 Å². The fraction of sp³-hybridized carbons (Fsp3) is 0.743. The second-order valence-electron chi connectivity index (χ2n) is 22.7. The molecule has 0 N–H and O–H groups in total. The van der Waals surface area contributed by atoms with Crippen LogP contribution < -0.4 is 0 Å². The SMILES string of the molecule is CC/C=C\C/C=C\C/C=C\C/C=C\C/C=C\C/C=C\C/C=C\CCCCCCCCCCCC(=O)OCC(COC(=O)CCCCCCC/C=C\CCCCC)OC(=O)CCCCCCCCCCCCCCCCCCCCC. The predicted molar refractivity (Wildman–Crippen MR) is 348 cm³/mol. The van der Waals surface area contributed by atoms with Crippen molar-refractivity contribution < 1.29 is 28.6 Å².